The fourth-order valence-electron chi connectivity index (χ4n) is 2.11. The van der Waals surface area contributed by atoms with Gasteiger partial charge in [-0.3, -0.25) is 9.36 Å². The van der Waals surface area contributed by atoms with E-state index < -0.39 is 11.9 Å². The zero-order valence-corrected chi connectivity index (χ0v) is 11.8. The second kappa shape index (κ2) is 5.00. The first-order valence-corrected chi connectivity index (χ1v) is 6.31. The molecule has 2 aromatic heterocycles. The van der Waals surface area contributed by atoms with Gasteiger partial charge in [-0.25, -0.2) is 0 Å². The predicted octanol–water partition coefficient (Wildman–Crippen LogP) is 1.78. The molecule has 3 N–H and O–H groups in total. The average Bonchev–Trinajstić information content (AvgIpc) is 2.65. The van der Waals surface area contributed by atoms with E-state index in [2.05, 4.69) is 9.97 Å². The zero-order valence-electron chi connectivity index (χ0n) is 11.0. The van der Waals surface area contributed by atoms with Crippen molar-refractivity contribution in [1.82, 2.24) is 14.5 Å². The molecule has 0 aliphatic rings. The van der Waals surface area contributed by atoms with Crippen molar-refractivity contribution in [3.63, 3.8) is 0 Å². The van der Waals surface area contributed by atoms with Crippen molar-refractivity contribution < 1.29 is 9.53 Å². The monoisotopic (exact) mass is 280 g/mol. The number of H-pyrrole nitrogens is 1. The molecule has 1 amide bonds. The summed E-state index contributed by atoms with van der Waals surface area (Å²) in [5.41, 5.74) is 6.80. The Kier molecular flexibility index (Phi) is 3.57. The van der Waals surface area contributed by atoms with Crippen LogP contribution >= 0.6 is 12.2 Å². The second-order valence-electron chi connectivity index (χ2n) is 4.62. The molecule has 0 radical (unpaired) electrons. The van der Waals surface area contributed by atoms with Crippen molar-refractivity contribution in [2.45, 2.75) is 19.9 Å². The Balaban J connectivity index is 2.73. The fourth-order valence-corrected chi connectivity index (χ4v) is 2.42. The van der Waals surface area contributed by atoms with Gasteiger partial charge in [-0.2, -0.15) is 4.98 Å². The molecule has 0 fully saturated rings. The number of fused-ring (bicyclic) bond motifs is 1. The van der Waals surface area contributed by atoms with Crippen LogP contribution in [0.15, 0.2) is 12.1 Å². The predicted molar refractivity (Wildman–Crippen MR) is 74.5 cm³/mol. The van der Waals surface area contributed by atoms with E-state index in [9.17, 15) is 4.79 Å². The third-order valence-corrected chi connectivity index (χ3v) is 3.25. The van der Waals surface area contributed by atoms with Gasteiger partial charge in [-0.05, 0) is 24.2 Å². The Morgan fingerprint density at radius 2 is 2.21 bits per heavy atom. The Bertz CT molecular complexity index is 674. The molecule has 7 heteroatoms. The van der Waals surface area contributed by atoms with Crippen LogP contribution in [0.4, 0.5) is 0 Å². The highest BCUT2D eigenvalue weighted by atomic mass is 32.1. The molecular formula is C12H16N4O2S. The maximum atomic E-state index is 11.7. The lowest BCUT2D eigenvalue weighted by Gasteiger charge is -2.19. The number of pyridine rings is 1. The van der Waals surface area contributed by atoms with Gasteiger partial charge in [0.25, 0.3) is 0 Å². The summed E-state index contributed by atoms with van der Waals surface area (Å²) in [7, 11) is 1.54. The molecule has 2 aromatic rings. The summed E-state index contributed by atoms with van der Waals surface area (Å²) in [5.74, 6) is 0.0371. The molecule has 0 aliphatic heterocycles. The van der Waals surface area contributed by atoms with Gasteiger partial charge in [0.05, 0.1) is 12.6 Å². The topological polar surface area (TPSA) is 85.9 Å². The molecule has 102 valence electrons. The molecular weight excluding hydrogens is 264 g/mol. The van der Waals surface area contributed by atoms with E-state index in [-0.39, 0.29) is 5.92 Å². The molecule has 2 heterocycles. The van der Waals surface area contributed by atoms with E-state index in [0.717, 1.165) is 5.52 Å². The summed E-state index contributed by atoms with van der Waals surface area (Å²) >= 11 is 5.27. The van der Waals surface area contributed by atoms with Gasteiger partial charge < -0.3 is 15.5 Å². The van der Waals surface area contributed by atoms with Crippen molar-refractivity contribution in [3.05, 3.63) is 16.9 Å². The molecule has 0 spiro atoms. The number of aromatic nitrogens is 3. The van der Waals surface area contributed by atoms with E-state index in [1.54, 1.807) is 10.6 Å². The maximum Gasteiger partial charge on any atom is 0.240 e. The van der Waals surface area contributed by atoms with E-state index in [4.69, 9.17) is 22.7 Å². The number of carbonyl (C=O) groups is 1. The summed E-state index contributed by atoms with van der Waals surface area (Å²) in [6.07, 6.45) is 0. The van der Waals surface area contributed by atoms with Gasteiger partial charge in [0.15, 0.2) is 10.4 Å². The highest BCUT2D eigenvalue weighted by molar-refractivity contribution is 7.71. The molecule has 1 unspecified atom stereocenters. The Morgan fingerprint density at radius 1 is 1.53 bits per heavy atom. The fraction of sp³-hybridized carbons (Fsp3) is 0.417. The number of hydrogen-bond acceptors (Lipinski definition) is 4. The molecule has 19 heavy (non-hydrogen) atoms. The first-order valence-electron chi connectivity index (χ1n) is 5.90. The SMILES string of the molecule is COc1ccc2[nH]c(=S)n(C(C(N)=O)C(C)C)c2n1. The number of nitrogens with two attached hydrogens (primary N) is 1. The smallest absolute Gasteiger partial charge is 0.240 e. The lowest BCUT2D eigenvalue weighted by atomic mass is 10.0. The molecule has 2 rings (SSSR count). The largest absolute Gasteiger partial charge is 0.481 e. The number of nitrogens with one attached hydrogen (secondary N) is 1. The third kappa shape index (κ3) is 2.33. The number of primary amides is 1. The van der Waals surface area contributed by atoms with E-state index in [0.29, 0.717) is 16.3 Å². The minimum atomic E-state index is -0.541. The van der Waals surface area contributed by atoms with Crippen LogP contribution in [0.1, 0.15) is 19.9 Å². The highest BCUT2D eigenvalue weighted by Gasteiger charge is 2.25. The lowest BCUT2D eigenvalue weighted by molar-refractivity contribution is -0.122. The summed E-state index contributed by atoms with van der Waals surface area (Å²) in [5, 5.41) is 0. The molecule has 6 nitrogen and oxygen atoms in total. The van der Waals surface area contributed by atoms with Gasteiger partial charge in [0, 0.05) is 6.07 Å². The normalized spacial score (nSPS) is 12.8. The second-order valence-corrected chi connectivity index (χ2v) is 5.00. The number of hydrogen-bond donors (Lipinski definition) is 2. The molecule has 0 aromatic carbocycles. The van der Waals surface area contributed by atoms with Crippen LogP contribution in [0, 0.1) is 10.7 Å². The minimum Gasteiger partial charge on any atom is -0.481 e. The summed E-state index contributed by atoms with van der Waals surface area (Å²) in [6, 6.07) is 3.00. The van der Waals surface area contributed by atoms with E-state index in [1.807, 2.05) is 19.9 Å². The lowest BCUT2D eigenvalue weighted by Crippen LogP contribution is -2.30. The van der Waals surface area contributed by atoms with Crippen LogP contribution in [0.5, 0.6) is 5.88 Å². The number of imidazole rings is 1. The van der Waals surface area contributed by atoms with Crippen molar-refractivity contribution in [3.8, 4) is 5.88 Å². The standard InChI is InChI=1S/C12H16N4O2S/c1-6(2)9(10(13)17)16-11-7(14-12(16)19)4-5-8(15-11)18-3/h4-6,9H,1-3H3,(H2,13,17)(H,14,19). The highest BCUT2D eigenvalue weighted by Crippen LogP contribution is 2.24. The van der Waals surface area contributed by atoms with Crippen LogP contribution in [-0.4, -0.2) is 27.6 Å². The third-order valence-electron chi connectivity index (χ3n) is 2.95. The number of rotatable bonds is 4. The van der Waals surface area contributed by atoms with E-state index in [1.165, 1.54) is 7.11 Å². The minimum absolute atomic E-state index is 0.0104. The van der Waals surface area contributed by atoms with Crippen LogP contribution in [-0.2, 0) is 4.79 Å². The van der Waals surface area contributed by atoms with Gasteiger partial charge in [-0.1, -0.05) is 13.8 Å². The number of nitrogens with zero attached hydrogens (tertiary/aromatic N) is 2. The first kappa shape index (κ1) is 13.5. The first-order chi connectivity index (χ1) is 8.95. The van der Waals surface area contributed by atoms with Gasteiger partial charge in [-0.15, -0.1) is 0 Å². The maximum absolute atomic E-state index is 11.7. The van der Waals surface area contributed by atoms with Crippen molar-refractivity contribution in [2.24, 2.45) is 11.7 Å². The van der Waals surface area contributed by atoms with Crippen LogP contribution in [0.25, 0.3) is 11.2 Å². The number of aromatic amines is 1. The van der Waals surface area contributed by atoms with Crippen LogP contribution in [0.2, 0.25) is 0 Å². The van der Waals surface area contributed by atoms with Gasteiger partial charge in [0.2, 0.25) is 11.8 Å². The van der Waals surface area contributed by atoms with E-state index >= 15 is 0 Å². The van der Waals surface area contributed by atoms with Crippen molar-refractivity contribution in [2.75, 3.05) is 7.11 Å². The van der Waals surface area contributed by atoms with Crippen molar-refractivity contribution >= 4 is 29.3 Å². The number of amides is 1. The molecule has 0 bridgehead atoms. The van der Waals surface area contributed by atoms with Gasteiger partial charge >= 0.3 is 0 Å². The zero-order chi connectivity index (χ0) is 14.2. The Labute approximate surface area is 115 Å². The summed E-state index contributed by atoms with van der Waals surface area (Å²) in [4.78, 5) is 19.0. The number of methoxy groups -OCH3 is 1. The molecule has 0 aliphatic carbocycles. The molecule has 1 atom stereocenters. The summed E-state index contributed by atoms with van der Waals surface area (Å²) in [6.45, 7) is 3.83. The summed E-state index contributed by atoms with van der Waals surface area (Å²) < 4.78 is 7.18. The molecule has 0 saturated carbocycles. The molecule has 0 saturated heterocycles. The van der Waals surface area contributed by atoms with Gasteiger partial charge in [0.1, 0.15) is 6.04 Å². The number of ether oxygens (including phenoxy) is 1. The number of carbonyl (C=O) groups excluding carboxylic acids is 1. The Hall–Kier alpha value is -1.89. The van der Waals surface area contributed by atoms with Crippen LogP contribution in [0.3, 0.4) is 0 Å². The average molecular weight is 280 g/mol. The van der Waals surface area contributed by atoms with Crippen molar-refractivity contribution in [1.29, 1.82) is 0 Å². The van der Waals surface area contributed by atoms with Crippen LogP contribution < -0.4 is 10.5 Å². The Morgan fingerprint density at radius 3 is 2.74 bits per heavy atom. The quantitative estimate of drug-likeness (QED) is 0.836.